The highest BCUT2D eigenvalue weighted by molar-refractivity contribution is 7.19. The van der Waals surface area contributed by atoms with Crippen LogP contribution < -0.4 is 5.32 Å². The van der Waals surface area contributed by atoms with Crippen LogP contribution in [0.4, 0.5) is 0 Å². The van der Waals surface area contributed by atoms with E-state index in [1.165, 1.54) is 55.3 Å². The summed E-state index contributed by atoms with van der Waals surface area (Å²) in [4.78, 5) is 4.21. The molecule has 1 aromatic heterocycles. The normalized spacial score (nSPS) is 20.2. The molecule has 4 rings (SSSR count). The van der Waals surface area contributed by atoms with Crippen LogP contribution in [-0.4, -0.2) is 24.0 Å². The maximum absolute atomic E-state index is 3.70. The van der Waals surface area contributed by atoms with Crippen molar-refractivity contribution in [2.24, 2.45) is 0 Å². The number of benzene rings is 1. The van der Waals surface area contributed by atoms with Crippen LogP contribution in [0.5, 0.6) is 0 Å². The van der Waals surface area contributed by atoms with Gasteiger partial charge in [0.25, 0.3) is 0 Å². The van der Waals surface area contributed by atoms with E-state index in [0.29, 0.717) is 0 Å². The molecule has 1 saturated carbocycles. The summed E-state index contributed by atoms with van der Waals surface area (Å²) in [6, 6.07) is 9.73. The first-order chi connectivity index (χ1) is 10.4. The van der Waals surface area contributed by atoms with Gasteiger partial charge >= 0.3 is 0 Å². The summed E-state index contributed by atoms with van der Waals surface area (Å²) in [7, 11) is 0. The van der Waals surface area contributed by atoms with Gasteiger partial charge in [0, 0.05) is 28.7 Å². The Labute approximate surface area is 131 Å². The smallest absolute Gasteiger partial charge is 0.0349 e. The SMILES string of the molecule is c1ccc2c(CN3CCCCC3)c(CNC3CC3)sc2c1. The summed E-state index contributed by atoms with van der Waals surface area (Å²) < 4.78 is 1.46. The number of fused-ring (bicyclic) bond motifs is 1. The fraction of sp³-hybridized carbons (Fsp3) is 0.556. The Morgan fingerprint density at radius 3 is 2.71 bits per heavy atom. The van der Waals surface area contributed by atoms with Crippen molar-refractivity contribution in [2.75, 3.05) is 13.1 Å². The molecule has 0 radical (unpaired) electrons. The Balaban J connectivity index is 1.60. The standard InChI is InChI=1S/C18H24N2S/c1-4-10-20(11-5-1)13-16-15-6-2-3-7-17(15)21-18(16)12-19-14-8-9-14/h2-3,6-7,14,19H,1,4-5,8-13H2. The Morgan fingerprint density at radius 1 is 1.10 bits per heavy atom. The van der Waals surface area contributed by atoms with Crippen LogP contribution in [0.25, 0.3) is 10.1 Å². The molecule has 3 heteroatoms. The summed E-state index contributed by atoms with van der Waals surface area (Å²) in [5.74, 6) is 0. The zero-order valence-electron chi connectivity index (χ0n) is 12.6. The van der Waals surface area contributed by atoms with Crippen molar-refractivity contribution >= 4 is 21.4 Å². The maximum Gasteiger partial charge on any atom is 0.0349 e. The van der Waals surface area contributed by atoms with Gasteiger partial charge in [-0.15, -0.1) is 11.3 Å². The van der Waals surface area contributed by atoms with Gasteiger partial charge in [0.05, 0.1) is 0 Å². The minimum absolute atomic E-state index is 0.790. The third kappa shape index (κ3) is 3.15. The summed E-state index contributed by atoms with van der Waals surface area (Å²) in [5, 5.41) is 5.19. The van der Waals surface area contributed by atoms with Crippen LogP contribution in [0.15, 0.2) is 24.3 Å². The number of thiophene rings is 1. The molecule has 0 spiro atoms. The third-order valence-corrected chi connectivity index (χ3v) is 5.95. The molecule has 1 aliphatic heterocycles. The predicted octanol–water partition coefficient (Wildman–Crippen LogP) is 4.14. The fourth-order valence-electron chi connectivity index (χ4n) is 3.33. The second-order valence-corrected chi connectivity index (χ2v) is 7.63. The van der Waals surface area contributed by atoms with Crippen molar-refractivity contribution in [3.8, 4) is 0 Å². The lowest BCUT2D eigenvalue weighted by Crippen LogP contribution is -2.29. The first kappa shape index (κ1) is 13.7. The van der Waals surface area contributed by atoms with Crippen molar-refractivity contribution in [3.63, 3.8) is 0 Å². The minimum atomic E-state index is 0.790. The van der Waals surface area contributed by atoms with Gasteiger partial charge in [-0.05, 0) is 55.8 Å². The number of nitrogens with zero attached hydrogens (tertiary/aromatic N) is 1. The molecule has 0 atom stereocenters. The van der Waals surface area contributed by atoms with Crippen molar-refractivity contribution in [1.82, 2.24) is 10.2 Å². The molecule has 2 aliphatic rings. The fourth-order valence-corrected chi connectivity index (χ4v) is 4.50. The molecular weight excluding hydrogens is 276 g/mol. The molecule has 1 saturated heterocycles. The number of hydrogen-bond donors (Lipinski definition) is 1. The molecule has 1 aromatic carbocycles. The van der Waals surface area contributed by atoms with E-state index in [1.807, 2.05) is 11.3 Å². The molecule has 2 fully saturated rings. The van der Waals surface area contributed by atoms with Crippen molar-refractivity contribution in [2.45, 2.75) is 51.2 Å². The van der Waals surface area contributed by atoms with Crippen LogP contribution in [-0.2, 0) is 13.1 Å². The molecular formula is C18H24N2S. The second kappa shape index (κ2) is 6.07. The minimum Gasteiger partial charge on any atom is -0.309 e. The average molecular weight is 300 g/mol. The monoisotopic (exact) mass is 300 g/mol. The molecule has 2 aromatic rings. The van der Waals surface area contributed by atoms with E-state index >= 15 is 0 Å². The van der Waals surface area contributed by atoms with Crippen LogP contribution in [0.3, 0.4) is 0 Å². The largest absolute Gasteiger partial charge is 0.309 e. The summed E-state index contributed by atoms with van der Waals surface area (Å²) in [5.41, 5.74) is 1.59. The highest BCUT2D eigenvalue weighted by atomic mass is 32.1. The van der Waals surface area contributed by atoms with Crippen molar-refractivity contribution in [3.05, 3.63) is 34.7 Å². The van der Waals surface area contributed by atoms with Gasteiger partial charge < -0.3 is 5.32 Å². The lowest BCUT2D eigenvalue weighted by atomic mass is 10.1. The summed E-state index contributed by atoms with van der Waals surface area (Å²) in [6.07, 6.45) is 6.89. The van der Waals surface area contributed by atoms with Crippen LogP contribution in [0.2, 0.25) is 0 Å². The van der Waals surface area contributed by atoms with Crippen LogP contribution in [0, 0.1) is 0 Å². The van der Waals surface area contributed by atoms with E-state index in [2.05, 4.69) is 34.5 Å². The van der Waals surface area contributed by atoms with E-state index in [1.54, 1.807) is 10.4 Å². The molecule has 21 heavy (non-hydrogen) atoms. The van der Waals surface area contributed by atoms with E-state index in [0.717, 1.165) is 19.1 Å². The van der Waals surface area contributed by atoms with Gasteiger partial charge in [-0.1, -0.05) is 24.6 Å². The van der Waals surface area contributed by atoms with Gasteiger partial charge in [0.15, 0.2) is 0 Å². The number of hydrogen-bond acceptors (Lipinski definition) is 3. The lowest BCUT2D eigenvalue weighted by molar-refractivity contribution is 0.221. The van der Waals surface area contributed by atoms with Gasteiger partial charge in [0.2, 0.25) is 0 Å². The van der Waals surface area contributed by atoms with E-state index in [4.69, 9.17) is 0 Å². The predicted molar refractivity (Wildman–Crippen MR) is 90.8 cm³/mol. The van der Waals surface area contributed by atoms with E-state index in [9.17, 15) is 0 Å². The number of nitrogens with one attached hydrogen (secondary N) is 1. The molecule has 2 heterocycles. The quantitative estimate of drug-likeness (QED) is 0.893. The maximum atomic E-state index is 3.70. The molecule has 0 unspecified atom stereocenters. The van der Waals surface area contributed by atoms with Crippen LogP contribution >= 0.6 is 11.3 Å². The molecule has 112 valence electrons. The second-order valence-electron chi connectivity index (χ2n) is 6.49. The molecule has 1 N–H and O–H groups in total. The average Bonchev–Trinajstić information content (AvgIpc) is 3.30. The number of rotatable bonds is 5. The Kier molecular flexibility index (Phi) is 3.97. The Hall–Kier alpha value is -0.900. The zero-order chi connectivity index (χ0) is 14.1. The van der Waals surface area contributed by atoms with Gasteiger partial charge in [-0.3, -0.25) is 4.90 Å². The highest BCUT2D eigenvalue weighted by Crippen LogP contribution is 2.33. The molecule has 0 amide bonds. The van der Waals surface area contributed by atoms with Gasteiger partial charge in [-0.2, -0.15) is 0 Å². The third-order valence-electron chi connectivity index (χ3n) is 4.74. The number of likely N-dealkylation sites (tertiary alicyclic amines) is 1. The highest BCUT2D eigenvalue weighted by Gasteiger charge is 2.22. The Bertz CT molecular complexity index is 609. The summed E-state index contributed by atoms with van der Waals surface area (Å²) >= 11 is 1.99. The molecule has 1 aliphatic carbocycles. The van der Waals surface area contributed by atoms with Crippen molar-refractivity contribution < 1.29 is 0 Å². The first-order valence-corrected chi connectivity index (χ1v) is 9.17. The van der Waals surface area contributed by atoms with Crippen LogP contribution in [0.1, 0.15) is 42.5 Å². The molecule has 2 nitrogen and oxygen atoms in total. The van der Waals surface area contributed by atoms with Gasteiger partial charge in [-0.25, -0.2) is 0 Å². The van der Waals surface area contributed by atoms with Gasteiger partial charge in [0.1, 0.15) is 0 Å². The lowest BCUT2D eigenvalue weighted by Gasteiger charge is -2.26. The first-order valence-electron chi connectivity index (χ1n) is 8.35. The van der Waals surface area contributed by atoms with Crippen molar-refractivity contribution in [1.29, 1.82) is 0 Å². The Morgan fingerprint density at radius 2 is 1.90 bits per heavy atom. The van der Waals surface area contributed by atoms with E-state index in [-0.39, 0.29) is 0 Å². The molecule has 0 bridgehead atoms. The summed E-state index contributed by atoms with van der Waals surface area (Å²) in [6.45, 7) is 4.76. The zero-order valence-corrected chi connectivity index (χ0v) is 13.4. The van der Waals surface area contributed by atoms with E-state index < -0.39 is 0 Å². The number of piperidine rings is 1. The topological polar surface area (TPSA) is 15.3 Å².